The zero-order valence-electron chi connectivity index (χ0n) is 11.4. The van der Waals surface area contributed by atoms with Crippen molar-refractivity contribution in [3.05, 3.63) is 70.0 Å². The molecule has 1 heterocycles. The maximum atomic E-state index is 13.4. The Morgan fingerprint density at radius 3 is 2.59 bits per heavy atom. The molecule has 0 saturated carbocycles. The van der Waals surface area contributed by atoms with E-state index in [9.17, 15) is 23.5 Å². The van der Waals surface area contributed by atoms with E-state index >= 15 is 0 Å². The summed E-state index contributed by atoms with van der Waals surface area (Å²) in [6.45, 7) is 1.67. The third-order valence-electron chi connectivity index (χ3n) is 3.56. The summed E-state index contributed by atoms with van der Waals surface area (Å²) in [6.07, 6.45) is 1.62. The highest BCUT2D eigenvalue weighted by atomic mass is 19.2. The van der Waals surface area contributed by atoms with Crippen LogP contribution in [0.25, 0.3) is 0 Å². The number of carbonyl (C=O) groups excluding carboxylic acids is 1. The molecule has 1 atom stereocenters. The zero-order valence-corrected chi connectivity index (χ0v) is 11.4. The number of halogens is 2. The van der Waals surface area contributed by atoms with E-state index in [1.807, 2.05) is 0 Å². The topological polar surface area (TPSA) is 63.6 Å². The predicted octanol–water partition coefficient (Wildman–Crippen LogP) is 2.83. The number of aliphatic carboxylic acids is 1. The minimum Gasteiger partial charge on any atom is -0.480 e. The van der Waals surface area contributed by atoms with Crippen LogP contribution in [-0.2, 0) is 14.3 Å². The van der Waals surface area contributed by atoms with E-state index in [2.05, 4.69) is 0 Å². The highest BCUT2D eigenvalue weighted by Gasteiger charge is 2.41. The first-order chi connectivity index (χ1) is 10.4. The monoisotopic (exact) mass is 304 g/mol. The number of rotatable bonds is 2. The minimum atomic E-state index is -1.34. The van der Waals surface area contributed by atoms with E-state index in [0.717, 1.165) is 12.1 Å². The molecule has 4 nitrogen and oxygen atoms in total. The molecule has 0 fully saturated rings. The van der Waals surface area contributed by atoms with Crippen molar-refractivity contribution in [3.8, 4) is 0 Å². The van der Waals surface area contributed by atoms with Crippen molar-refractivity contribution in [2.24, 2.45) is 0 Å². The van der Waals surface area contributed by atoms with Gasteiger partial charge in [0.2, 0.25) is 0 Å². The molecule has 0 radical (unpaired) electrons. The van der Waals surface area contributed by atoms with Gasteiger partial charge in [0.05, 0.1) is 11.1 Å². The second kappa shape index (κ2) is 4.91. The molecule has 1 aliphatic carbocycles. The summed E-state index contributed by atoms with van der Waals surface area (Å²) in [5.74, 6) is -3.81. The molecule has 1 aliphatic heterocycles. The van der Waals surface area contributed by atoms with Gasteiger partial charge in [0.15, 0.2) is 23.5 Å². The van der Waals surface area contributed by atoms with Gasteiger partial charge < -0.3 is 9.84 Å². The van der Waals surface area contributed by atoms with E-state index in [4.69, 9.17) is 4.74 Å². The summed E-state index contributed by atoms with van der Waals surface area (Å²) >= 11 is 0. The van der Waals surface area contributed by atoms with Gasteiger partial charge in [-0.15, -0.1) is 0 Å². The van der Waals surface area contributed by atoms with Crippen molar-refractivity contribution < 1.29 is 28.2 Å². The van der Waals surface area contributed by atoms with Gasteiger partial charge in [0.1, 0.15) is 5.76 Å². The van der Waals surface area contributed by atoms with Crippen LogP contribution < -0.4 is 0 Å². The first kappa shape index (κ1) is 14.2. The molecule has 1 aromatic rings. The maximum Gasteiger partial charge on any atom is 0.336 e. The number of carboxylic acid groups (broad SMARTS) is 1. The van der Waals surface area contributed by atoms with Gasteiger partial charge in [-0.2, -0.15) is 0 Å². The predicted molar refractivity (Wildman–Crippen MR) is 71.7 cm³/mol. The summed E-state index contributed by atoms with van der Waals surface area (Å²) in [4.78, 5) is 23.5. The Balaban J connectivity index is 2.18. The molecule has 1 unspecified atom stereocenters. The molecule has 1 N–H and O–H groups in total. The Morgan fingerprint density at radius 1 is 1.23 bits per heavy atom. The van der Waals surface area contributed by atoms with Crippen LogP contribution in [0.1, 0.15) is 18.6 Å². The number of hydrogen-bond acceptors (Lipinski definition) is 3. The Labute approximate surface area is 124 Å². The Hall–Kier alpha value is -2.76. The molecular formula is C16H10F2O4. The first-order valence-corrected chi connectivity index (χ1v) is 6.43. The Kier molecular flexibility index (Phi) is 3.16. The molecule has 6 heteroatoms. The van der Waals surface area contributed by atoms with Crippen LogP contribution in [-0.4, -0.2) is 16.9 Å². The van der Waals surface area contributed by atoms with Crippen LogP contribution >= 0.6 is 0 Å². The highest BCUT2D eigenvalue weighted by Crippen LogP contribution is 2.43. The van der Waals surface area contributed by atoms with E-state index in [0.29, 0.717) is 5.57 Å². The molecule has 22 heavy (non-hydrogen) atoms. The van der Waals surface area contributed by atoms with Gasteiger partial charge in [-0.3, -0.25) is 4.79 Å². The number of fused-ring (bicyclic) bond motifs is 1. The smallest absolute Gasteiger partial charge is 0.336 e. The van der Waals surface area contributed by atoms with Crippen LogP contribution in [0.5, 0.6) is 0 Å². The molecule has 2 aliphatic rings. The molecule has 3 rings (SSSR count). The number of ether oxygens (including phenoxy) is 1. The largest absolute Gasteiger partial charge is 0.480 e. The fourth-order valence-electron chi connectivity index (χ4n) is 2.51. The van der Waals surface area contributed by atoms with E-state index in [1.165, 1.54) is 18.2 Å². The van der Waals surface area contributed by atoms with Crippen molar-refractivity contribution in [1.29, 1.82) is 0 Å². The lowest BCUT2D eigenvalue weighted by atomic mass is 9.93. The van der Waals surface area contributed by atoms with Crippen molar-refractivity contribution in [2.75, 3.05) is 0 Å². The standard InChI is InChI=1S/C16H10F2O4/c1-7-2-5-11(19)12-13(16(20)21)15(22-14(7)12)8-3-4-9(17)10(18)6-8/h2-6,15H,1H3,(H,20,21). The maximum absolute atomic E-state index is 13.4. The summed E-state index contributed by atoms with van der Waals surface area (Å²) < 4.78 is 32.0. The van der Waals surface area contributed by atoms with Crippen molar-refractivity contribution in [1.82, 2.24) is 0 Å². The van der Waals surface area contributed by atoms with Crippen molar-refractivity contribution in [2.45, 2.75) is 13.0 Å². The molecular weight excluding hydrogens is 294 g/mol. The van der Waals surface area contributed by atoms with Crippen LogP contribution in [0, 0.1) is 11.6 Å². The van der Waals surface area contributed by atoms with E-state index < -0.39 is 29.5 Å². The molecule has 0 aromatic heterocycles. The average Bonchev–Trinajstić information content (AvgIpc) is 2.88. The average molecular weight is 304 g/mol. The summed E-state index contributed by atoms with van der Waals surface area (Å²) in [6, 6.07) is 2.99. The number of hydrogen-bond donors (Lipinski definition) is 1. The van der Waals surface area contributed by atoms with Crippen LogP contribution in [0.2, 0.25) is 0 Å². The number of carboxylic acids is 1. The summed E-state index contributed by atoms with van der Waals surface area (Å²) in [7, 11) is 0. The van der Waals surface area contributed by atoms with Gasteiger partial charge in [-0.25, -0.2) is 13.6 Å². The van der Waals surface area contributed by atoms with Gasteiger partial charge in [0, 0.05) is 5.56 Å². The first-order valence-electron chi connectivity index (χ1n) is 6.43. The lowest BCUT2D eigenvalue weighted by Crippen LogP contribution is -2.12. The highest BCUT2D eigenvalue weighted by molar-refractivity contribution is 6.14. The lowest BCUT2D eigenvalue weighted by Gasteiger charge is -2.15. The second-order valence-corrected chi connectivity index (χ2v) is 4.97. The minimum absolute atomic E-state index is 0.0396. The fraction of sp³-hybridized carbons (Fsp3) is 0.125. The zero-order chi connectivity index (χ0) is 16.0. The third kappa shape index (κ3) is 2.04. The van der Waals surface area contributed by atoms with Crippen LogP contribution in [0.15, 0.2) is 52.8 Å². The van der Waals surface area contributed by atoms with Crippen LogP contribution in [0.3, 0.4) is 0 Å². The SMILES string of the molecule is CC1=C2OC(c3ccc(F)c(F)c3)C(C(=O)O)=C2C(=O)C=C1. The van der Waals surface area contributed by atoms with Crippen molar-refractivity contribution in [3.63, 3.8) is 0 Å². The molecule has 1 aromatic carbocycles. The Morgan fingerprint density at radius 2 is 1.95 bits per heavy atom. The molecule has 0 spiro atoms. The summed E-state index contributed by atoms with van der Waals surface area (Å²) in [5.41, 5.74) is 0.418. The fourth-order valence-corrected chi connectivity index (χ4v) is 2.51. The van der Waals surface area contributed by atoms with Gasteiger partial charge in [-0.05, 0) is 30.7 Å². The van der Waals surface area contributed by atoms with Crippen LogP contribution in [0.4, 0.5) is 8.78 Å². The third-order valence-corrected chi connectivity index (χ3v) is 3.56. The number of benzene rings is 1. The second-order valence-electron chi connectivity index (χ2n) is 4.97. The number of carbonyl (C=O) groups is 2. The normalized spacial score (nSPS) is 20.3. The summed E-state index contributed by atoms with van der Waals surface area (Å²) in [5, 5.41) is 9.41. The van der Waals surface area contributed by atoms with Gasteiger partial charge >= 0.3 is 5.97 Å². The number of allylic oxidation sites excluding steroid dienone is 4. The molecule has 0 saturated heterocycles. The van der Waals surface area contributed by atoms with Gasteiger partial charge in [0.25, 0.3) is 0 Å². The molecule has 0 bridgehead atoms. The molecule has 0 amide bonds. The molecule has 112 valence electrons. The quantitative estimate of drug-likeness (QED) is 0.912. The van der Waals surface area contributed by atoms with Gasteiger partial charge in [-0.1, -0.05) is 12.1 Å². The van der Waals surface area contributed by atoms with Crippen molar-refractivity contribution >= 4 is 11.8 Å². The Bertz CT molecular complexity index is 802. The van der Waals surface area contributed by atoms with E-state index in [-0.39, 0.29) is 22.5 Å². The lowest BCUT2D eigenvalue weighted by molar-refractivity contribution is -0.133. The van der Waals surface area contributed by atoms with E-state index in [1.54, 1.807) is 6.92 Å². The number of ketones is 1.